The summed E-state index contributed by atoms with van der Waals surface area (Å²) in [6.45, 7) is 27.3. The van der Waals surface area contributed by atoms with Gasteiger partial charge in [0.1, 0.15) is 0 Å². The van der Waals surface area contributed by atoms with Gasteiger partial charge in [-0.1, -0.05) is 73.6 Å². The van der Waals surface area contributed by atoms with Crippen LogP contribution >= 0.6 is 0 Å². The summed E-state index contributed by atoms with van der Waals surface area (Å²) < 4.78 is 0. The van der Waals surface area contributed by atoms with E-state index in [1.807, 2.05) is 0 Å². The van der Waals surface area contributed by atoms with Crippen molar-refractivity contribution in [2.24, 2.45) is 38.6 Å². The zero-order chi connectivity index (χ0) is 46.6. The number of nitrogens with zero attached hydrogens (tertiary/aromatic N) is 6. The Morgan fingerprint density at radius 2 is 0.985 bits per heavy atom. The Morgan fingerprint density at radius 3 is 1.50 bits per heavy atom. The highest BCUT2D eigenvalue weighted by Gasteiger charge is 2.31. The third kappa shape index (κ3) is 8.83. The standard InChI is InChI=1S/C58H68N8/c1-31(2)25-39-35(9)51-29-52-36(10)40(26-32(3)4)56(64-52)48-23-15-19-45(61-48)46-20-16-24-50(62-46)58-42(28-34(7)8)38(12)54(66-58)30-53-37(11)41(27-33(5)6)57(65-53)49-22-14-18-44(60-49)43-17-13-21-47(59-43)55(39)63-51/h13-15,17-19,21-23,29-34,46,63,65H,16,20,24-28H2,1-12H3/b52-29-,54-30-. The van der Waals surface area contributed by atoms with E-state index in [1.54, 1.807) is 0 Å². The molecule has 0 spiro atoms. The van der Waals surface area contributed by atoms with Crippen molar-refractivity contribution in [1.29, 1.82) is 0 Å². The molecule has 16 bridgehead atoms. The largest absolute Gasteiger partial charge is 0.353 e. The first kappa shape index (κ1) is 45.1. The van der Waals surface area contributed by atoms with Crippen molar-refractivity contribution in [3.05, 3.63) is 133 Å². The summed E-state index contributed by atoms with van der Waals surface area (Å²) in [5.41, 5.74) is 24.8. The van der Waals surface area contributed by atoms with Crippen LogP contribution in [0.15, 0.2) is 103 Å². The molecule has 2 N–H and O–H groups in total. The number of H-pyrrole nitrogens is 2. The maximum absolute atomic E-state index is 5.54. The lowest BCUT2D eigenvalue weighted by Crippen LogP contribution is -2.22. The van der Waals surface area contributed by atoms with Gasteiger partial charge in [-0.25, -0.2) is 24.9 Å². The fraction of sp³-hybridized carbons (Fsp3) is 0.414. The third-order valence-electron chi connectivity index (χ3n) is 13.7. The quantitative estimate of drug-likeness (QED) is 0.162. The summed E-state index contributed by atoms with van der Waals surface area (Å²) >= 11 is 0. The highest BCUT2D eigenvalue weighted by Crippen LogP contribution is 2.40. The molecule has 340 valence electrons. The van der Waals surface area contributed by atoms with E-state index in [1.165, 1.54) is 44.5 Å². The molecule has 4 aliphatic heterocycles. The molecule has 1 atom stereocenters. The monoisotopic (exact) mass is 877 g/mol. The van der Waals surface area contributed by atoms with Crippen LogP contribution in [0.3, 0.4) is 0 Å². The van der Waals surface area contributed by atoms with Gasteiger partial charge in [-0.3, -0.25) is 4.99 Å². The van der Waals surface area contributed by atoms with Crippen molar-refractivity contribution >= 4 is 29.3 Å². The first-order valence-corrected chi connectivity index (χ1v) is 24.6. The number of nitrogens with one attached hydrogen (secondary N) is 2. The van der Waals surface area contributed by atoms with Gasteiger partial charge in [0, 0.05) is 11.4 Å². The van der Waals surface area contributed by atoms with E-state index in [4.69, 9.17) is 29.9 Å². The van der Waals surface area contributed by atoms with Crippen LogP contribution < -0.4 is 0 Å². The van der Waals surface area contributed by atoms with Crippen LogP contribution in [-0.2, 0) is 12.8 Å². The highest BCUT2D eigenvalue weighted by molar-refractivity contribution is 6.49. The Balaban J connectivity index is 1.28. The van der Waals surface area contributed by atoms with E-state index in [0.717, 1.165) is 130 Å². The zero-order valence-corrected chi connectivity index (χ0v) is 41.4. The average molecular weight is 877 g/mol. The molecule has 0 aromatic carbocycles. The molecule has 8 heteroatoms. The van der Waals surface area contributed by atoms with Gasteiger partial charge in [-0.05, 0) is 189 Å². The third-order valence-corrected chi connectivity index (χ3v) is 13.7. The number of hydrogen-bond donors (Lipinski definition) is 2. The minimum Gasteiger partial charge on any atom is -0.353 e. The van der Waals surface area contributed by atoms with E-state index >= 15 is 0 Å². The molecule has 0 amide bonds. The molecule has 5 aromatic rings. The summed E-state index contributed by atoms with van der Waals surface area (Å²) in [5.74, 6) is 1.84. The van der Waals surface area contributed by atoms with Crippen LogP contribution in [0, 0.1) is 37.5 Å². The van der Waals surface area contributed by atoms with E-state index in [-0.39, 0.29) is 6.04 Å². The number of aromatic amines is 2. The molecule has 0 aliphatic carbocycles. The molecule has 1 unspecified atom stereocenters. The van der Waals surface area contributed by atoms with Crippen molar-refractivity contribution in [3.8, 4) is 34.2 Å². The minimum absolute atomic E-state index is 0.0548. The average Bonchev–Trinajstić information content (AvgIpc) is 3.97. The summed E-state index contributed by atoms with van der Waals surface area (Å²) in [7, 11) is 0. The van der Waals surface area contributed by atoms with Crippen LogP contribution in [0.4, 0.5) is 0 Å². The Morgan fingerprint density at radius 1 is 0.530 bits per heavy atom. The van der Waals surface area contributed by atoms with E-state index in [0.29, 0.717) is 23.7 Å². The molecular weight excluding hydrogens is 809 g/mol. The Hall–Kier alpha value is -6.02. The second kappa shape index (κ2) is 18.3. The maximum atomic E-state index is 5.54. The molecule has 9 heterocycles. The fourth-order valence-electron chi connectivity index (χ4n) is 10.3. The molecule has 9 rings (SSSR count). The van der Waals surface area contributed by atoms with Crippen LogP contribution in [0.2, 0.25) is 0 Å². The molecule has 8 nitrogen and oxygen atoms in total. The number of aromatic nitrogens is 5. The smallest absolute Gasteiger partial charge is 0.0929 e. The van der Waals surface area contributed by atoms with Crippen molar-refractivity contribution in [2.75, 3.05) is 0 Å². The first-order valence-electron chi connectivity index (χ1n) is 24.6. The number of pyridine rings is 3. The Labute approximate surface area is 392 Å². The van der Waals surface area contributed by atoms with Crippen molar-refractivity contribution in [3.63, 3.8) is 0 Å². The van der Waals surface area contributed by atoms with Gasteiger partial charge in [-0.15, -0.1) is 0 Å². The van der Waals surface area contributed by atoms with Gasteiger partial charge >= 0.3 is 0 Å². The maximum Gasteiger partial charge on any atom is 0.0929 e. The second-order valence-corrected chi connectivity index (χ2v) is 20.9. The molecule has 66 heavy (non-hydrogen) atoms. The van der Waals surface area contributed by atoms with Gasteiger partial charge in [0.2, 0.25) is 0 Å². The molecule has 4 aliphatic rings. The first-order chi connectivity index (χ1) is 31.6. The van der Waals surface area contributed by atoms with E-state index in [2.05, 4.69) is 160 Å². The van der Waals surface area contributed by atoms with Gasteiger partial charge in [-0.2, -0.15) is 0 Å². The Kier molecular flexibility index (Phi) is 12.5. The van der Waals surface area contributed by atoms with Crippen molar-refractivity contribution < 1.29 is 0 Å². The van der Waals surface area contributed by atoms with Crippen molar-refractivity contribution in [1.82, 2.24) is 24.9 Å². The fourth-order valence-corrected chi connectivity index (χ4v) is 10.3. The lowest BCUT2D eigenvalue weighted by Gasteiger charge is -2.22. The van der Waals surface area contributed by atoms with Gasteiger partial charge < -0.3 is 9.97 Å². The lowest BCUT2D eigenvalue weighted by molar-refractivity contribution is 0.585. The molecule has 0 saturated carbocycles. The number of aliphatic imine (C=N–C) groups is 3. The molecule has 5 aromatic heterocycles. The van der Waals surface area contributed by atoms with Gasteiger partial charge in [0.05, 0.1) is 80.1 Å². The highest BCUT2D eigenvalue weighted by atomic mass is 14.9. The molecule has 0 radical (unpaired) electrons. The zero-order valence-electron chi connectivity index (χ0n) is 41.4. The van der Waals surface area contributed by atoms with Gasteiger partial charge in [0.15, 0.2) is 0 Å². The molecular formula is C58H68N8. The number of fused-ring (bicyclic) bond motifs is 19. The lowest BCUT2D eigenvalue weighted by atomic mass is 9.90. The number of allylic oxidation sites excluding steroid dienone is 4. The topological polar surface area (TPSA) is 107 Å². The number of hydrogen-bond acceptors (Lipinski definition) is 6. The summed E-state index contributed by atoms with van der Waals surface area (Å²) in [5, 5.41) is 0. The summed E-state index contributed by atoms with van der Waals surface area (Å²) in [6.07, 6.45) is 11.1. The van der Waals surface area contributed by atoms with Gasteiger partial charge in [0.25, 0.3) is 0 Å². The number of rotatable bonds is 8. The predicted octanol–water partition coefficient (Wildman–Crippen LogP) is 14.6. The van der Waals surface area contributed by atoms with Crippen LogP contribution in [0.1, 0.15) is 152 Å². The SMILES string of the molecule is CC1=C(CC(C)C)C2=N/C1=C\c1[nH]c(c(CC(C)C)c1C)-c1cccc(n1)-c1cccc(n1)-c1[nH]c(c(C)c1CC(C)C)/C=C1\N=C(C(CC(C)C)=C1C)c1cccc(n1)C1CCCC2=N1. The summed E-state index contributed by atoms with van der Waals surface area (Å²) in [4.78, 5) is 40.4. The van der Waals surface area contributed by atoms with Crippen LogP contribution in [-0.4, -0.2) is 42.1 Å². The minimum atomic E-state index is -0.0548. The van der Waals surface area contributed by atoms with Crippen LogP contribution in [0.5, 0.6) is 0 Å². The van der Waals surface area contributed by atoms with E-state index < -0.39 is 0 Å². The normalized spacial score (nSPS) is 18.8. The van der Waals surface area contributed by atoms with Crippen LogP contribution in [0.25, 0.3) is 46.3 Å². The van der Waals surface area contributed by atoms with Crippen molar-refractivity contribution in [2.45, 2.75) is 134 Å². The predicted molar refractivity (Wildman–Crippen MR) is 276 cm³/mol. The second-order valence-electron chi connectivity index (χ2n) is 20.9. The van der Waals surface area contributed by atoms with E-state index in [9.17, 15) is 0 Å². The summed E-state index contributed by atoms with van der Waals surface area (Å²) in [6, 6.07) is 19.0. The molecule has 0 fully saturated rings. The molecule has 0 saturated heterocycles. The Bertz CT molecular complexity index is 2950.